The fourth-order valence-electron chi connectivity index (χ4n) is 2.05. The van der Waals surface area contributed by atoms with Gasteiger partial charge in [0.05, 0.1) is 6.61 Å². The number of carbonyl (C=O) groups excluding carboxylic acids is 1. The molecular weight excluding hydrogens is 270 g/mol. The van der Waals surface area contributed by atoms with Crippen molar-refractivity contribution in [2.45, 2.75) is 12.8 Å². The molecule has 21 heavy (non-hydrogen) atoms. The molecule has 0 spiro atoms. The SMILES string of the molecule is CNC(=O)CCCOc1cc2ccccc2cc1C(=O)O. The minimum atomic E-state index is -1.03. The summed E-state index contributed by atoms with van der Waals surface area (Å²) in [5.41, 5.74) is 0.133. The van der Waals surface area contributed by atoms with Gasteiger partial charge in [0.15, 0.2) is 0 Å². The van der Waals surface area contributed by atoms with E-state index < -0.39 is 5.97 Å². The van der Waals surface area contributed by atoms with Gasteiger partial charge in [0.1, 0.15) is 11.3 Å². The van der Waals surface area contributed by atoms with Crippen molar-refractivity contribution in [1.29, 1.82) is 0 Å². The third-order valence-corrected chi connectivity index (χ3v) is 3.16. The van der Waals surface area contributed by atoms with E-state index in [2.05, 4.69) is 5.32 Å². The number of fused-ring (bicyclic) bond motifs is 1. The Morgan fingerprint density at radius 3 is 2.48 bits per heavy atom. The number of aromatic carboxylic acids is 1. The Bertz CT molecular complexity index is 666. The van der Waals surface area contributed by atoms with E-state index in [-0.39, 0.29) is 11.5 Å². The Hall–Kier alpha value is -2.56. The molecule has 110 valence electrons. The standard InChI is InChI=1S/C16H17NO4/c1-17-15(18)7-4-8-21-14-10-12-6-3-2-5-11(12)9-13(14)16(19)20/h2-3,5-6,9-10H,4,7-8H2,1H3,(H,17,18)(H,19,20). The van der Waals surface area contributed by atoms with E-state index in [0.717, 1.165) is 10.8 Å². The Balaban J connectivity index is 2.15. The summed E-state index contributed by atoms with van der Waals surface area (Å²) >= 11 is 0. The highest BCUT2D eigenvalue weighted by Gasteiger charge is 2.13. The number of carboxylic acids is 1. The van der Waals surface area contributed by atoms with E-state index in [0.29, 0.717) is 25.2 Å². The number of benzene rings is 2. The predicted molar refractivity (Wildman–Crippen MR) is 79.7 cm³/mol. The van der Waals surface area contributed by atoms with Crippen LogP contribution in [0.3, 0.4) is 0 Å². The Morgan fingerprint density at radius 1 is 1.19 bits per heavy atom. The number of hydrogen-bond acceptors (Lipinski definition) is 3. The van der Waals surface area contributed by atoms with Crippen molar-refractivity contribution in [2.24, 2.45) is 0 Å². The average Bonchev–Trinajstić information content (AvgIpc) is 2.50. The van der Waals surface area contributed by atoms with E-state index in [9.17, 15) is 14.7 Å². The van der Waals surface area contributed by atoms with Gasteiger partial charge in [-0.1, -0.05) is 24.3 Å². The zero-order valence-electron chi connectivity index (χ0n) is 11.8. The molecule has 0 aliphatic carbocycles. The van der Waals surface area contributed by atoms with Crippen molar-refractivity contribution in [3.05, 3.63) is 42.0 Å². The lowest BCUT2D eigenvalue weighted by Gasteiger charge is -2.10. The lowest BCUT2D eigenvalue weighted by atomic mass is 10.1. The van der Waals surface area contributed by atoms with Crippen LogP contribution in [0.25, 0.3) is 10.8 Å². The van der Waals surface area contributed by atoms with E-state index >= 15 is 0 Å². The largest absolute Gasteiger partial charge is 0.493 e. The highest BCUT2D eigenvalue weighted by molar-refractivity contribution is 5.97. The molecule has 0 aliphatic rings. The predicted octanol–water partition coefficient (Wildman–Crippen LogP) is 2.44. The second-order valence-corrected chi connectivity index (χ2v) is 4.63. The van der Waals surface area contributed by atoms with Crippen molar-refractivity contribution < 1.29 is 19.4 Å². The number of ether oxygens (including phenoxy) is 1. The molecule has 0 saturated carbocycles. The van der Waals surface area contributed by atoms with Crippen molar-refractivity contribution in [2.75, 3.05) is 13.7 Å². The van der Waals surface area contributed by atoms with Gasteiger partial charge in [-0.05, 0) is 29.3 Å². The number of amides is 1. The highest BCUT2D eigenvalue weighted by Crippen LogP contribution is 2.26. The number of hydrogen-bond donors (Lipinski definition) is 2. The Kier molecular flexibility index (Phi) is 4.77. The van der Waals surface area contributed by atoms with Crippen LogP contribution in [0, 0.1) is 0 Å². The summed E-state index contributed by atoms with van der Waals surface area (Å²) in [6.07, 6.45) is 0.887. The van der Waals surface area contributed by atoms with Gasteiger partial charge in [-0.25, -0.2) is 4.79 Å². The fraction of sp³-hybridized carbons (Fsp3) is 0.250. The van der Waals surface area contributed by atoms with Gasteiger partial charge < -0.3 is 15.2 Å². The van der Waals surface area contributed by atoms with E-state index in [1.54, 1.807) is 19.2 Å². The van der Waals surface area contributed by atoms with E-state index in [1.165, 1.54) is 0 Å². The van der Waals surface area contributed by atoms with Gasteiger partial charge in [0.2, 0.25) is 5.91 Å². The molecule has 0 aromatic heterocycles. The van der Waals surface area contributed by atoms with Gasteiger partial charge in [-0.2, -0.15) is 0 Å². The summed E-state index contributed by atoms with van der Waals surface area (Å²) < 4.78 is 5.54. The van der Waals surface area contributed by atoms with Crippen molar-refractivity contribution >= 4 is 22.6 Å². The fourth-order valence-corrected chi connectivity index (χ4v) is 2.05. The molecule has 0 saturated heterocycles. The van der Waals surface area contributed by atoms with Crippen LogP contribution in [0.15, 0.2) is 36.4 Å². The molecule has 2 aromatic carbocycles. The topological polar surface area (TPSA) is 75.6 Å². The maximum Gasteiger partial charge on any atom is 0.339 e. The molecule has 0 fully saturated rings. The molecule has 0 radical (unpaired) electrons. The summed E-state index contributed by atoms with van der Waals surface area (Å²) in [5.74, 6) is -0.754. The Morgan fingerprint density at radius 2 is 1.86 bits per heavy atom. The zero-order valence-corrected chi connectivity index (χ0v) is 11.8. The molecule has 2 rings (SSSR count). The van der Waals surface area contributed by atoms with Crippen LogP contribution in [0.5, 0.6) is 5.75 Å². The van der Waals surface area contributed by atoms with Crippen LogP contribution < -0.4 is 10.1 Å². The number of nitrogens with one attached hydrogen (secondary N) is 1. The minimum absolute atomic E-state index is 0.0597. The van der Waals surface area contributed by atoms with Crippen molar-refractivity contribution in [1.82, 2.24) is 5.32 Å². The Labute approximate surface area is 122 Å². The first kappa shape index (κ1) is 14.8. The van der Waals surface area contributed by atoms with Crippen LogP contribution in [-0.2, 0) is 4.79 Å². The molecule has 0 heterocycles. The first-order valence-electron chi connectivity index (χ1n) is 6.71. The van der Waals surface area contributed by atoms with Crippen LogP contribution >= 0.6 is 0 Å². The average molecular weight is 287 g/mol. The number of carboxylic acid groups (broad SMARTS) is 1. The normalized spacial score (nSPS) is 10.3. The number of rotatable bonds is 6. The van der Waals surface area contributed by atoms with Crippen LogP contribution in [0.2, 0.25) is 0 Å². The summed E-state index contributed by atoms with van der Waals surface area (Å²) in [6.45, 7) is 0.298. The van der Waals surface area contributed by atoms with Crippen molar-refractivity contribution in [3.63, 3.8) is 0 Å². The molecule has 5 heteroatoms. The monoisotopic (exact) mass is 287 g/mol. The minimum Gasteiger partial charge on any atom is -0.493 e. The lowest BCUT2D eigenvalue weighted by molar-refractivity contribution is -0.120. The molecule has 0 atom stereocenters. The maximum atomic E-state index is 11.3. The van der Waals surface area contributed by atoms with Gasteiger partial charge in [-0.15, -0.1) is 0 Å². The van der Waals surface area contributed by atoms with Gasteiger partial charge in [0.25, 0.3) is 0 Å². The molecule has 2 aromatic rings. The van der Waals surface area contributed by atoms with Crippen molar-refractivity contribution in [3.8, 4) is 5.75 Å². The zero-order chi connectivity index (χ0) is 15.2. The van der Waals surface area contributed by atoms with Gasteiger partial charge in [0, 0.05) is 13.5 Å². The van der Waals surface area contributed by atoms with Gasteiger partial charge in [-0.3, -0.25) is 4.79 Å². The third-order valence-electron chi connectivity index (χ3n) is 3.16. The van der Waals surface area contributed by atoms with Crippen LogP contribution in [0.1, 0.15) is 23.2 Å². The first-order chi connectivity index (χ1) is 10.1. The third kappa shape index (κ3) is 3.72. The number of carbonyl (C=O) groups is 2. The first-order valence-corrected chi connectivity index (χ1v) is 6.71. The molecule has 1 amide bonds. The lowest BCUT2D eigenvalue weighted by Crippen LogP contribution is -2.18. The summed E-state index contributed by atoms with van der Waals surface area (Å²) in [7, 11) is 1.58. The molecule has 0 aliphatic heterocycles. The quantitative estimate of drug-likeness (QED) is 0.800. The van der Waals surface area contributed by atoms with Crippen LogP contribution in [0.4, 0.5) is 0 Å². The summed E-state index contributed by atoms with van der Waals surface area (Å²) in [4.78, 5) is 22.4. The van der Waals surface area contributed by atoms with E-state index in [1.807, 2.05) is 24.3 Å². The smallest absolute Gasteiger partial charge is 0.339 e. The molecular formula is C16H17NO4. The molecule has 2 N–H and O–H groups in total. The second kappa shape index (κ2) is 6.74. The molecule has 0 unspecified atom stereocenters. The second-order valence-electron chi connectivity index (χ2n) is 4.63. The highest BCUT2D eigenvalue weighted by atomic mass is 16.5. The molecule has 5 nitrogen and oxygen atoms in total. The van der Waals surface area contributed by atoms with Crippen LogP contribution in [-0.4, -0.2) is 30.6 Å². The summed E-state index contributed by atoms with van der Waals surface area (Å²) in [5, 5.41) is 13.6. The van der Waals surface area contributed by atoms with E-state index in [4.69, 9.17) is 4.74 Å². The van der Waals surface area contributed by atoms with Gasteiger partial charge >= 0.3 is 5.97 Å². The maximum absolute atomic E-state index is 11.3. The summed E-state index contributed by atoms with van der Waals surface area (Å²) in [6, 6.07) is 10.8. The molecule has 0 bridgehead atoms.